The number of pyridine rings is 2. The zero-order chi connectivity index (χ0) is 21.4. The molecule has 3 heterocycles. The summed E-state index contributed by atoms with van der Waals surface area (Å²) in [6, 6.07) is 5.42. The number of nitrogens with one attached hydrogen (secondary N) is 1. The number of nitrogens with zero attached hydrogens (tertiary/aromatic N) is 4. The second-order valence-electron chi connectivity index (χ2n) is 7.70. The number of anilines is 2. The van der Waals surface area contributed by atoms with Crippen LogP contribution in [0.5, 0.6) is 0 Å². The van der Waals surface area contributed by atoms with Crippen molar-refractivity contribution in [1.29, 1.82) is 0 Å². The highest BCUT2D eigenvalue weighted by Crippen LogP contribution is 2.36. The molecule has 0 unspecified atom stereocenters. The number of halogens is 3. The lowest BCUT2D eigenvalue weighted by Crippen LogP contribution is -2.28. The second kappa shape index (κ2) is 7.71. The first kappa shape index (κ1) is 20.3. The highest BCUT2D eigenvalue weighted by molar-refractivity contribution is 5.55. The molecule has 0 bridgehead atoms. The first-order valence-electron chi connectivity index (χ1n) is 9.79. The van der Waals surface area contributed by atoms with E-state index in [1.54, 1.807) is 23.2 Å². The first-order chi connectivity index (χ1) is 14.2. The van der Waals surface area contributed by atoms with Crippen molar-refractivity contribution in [3.8, 4) is 5.82 Å². The zero-order valence-corrected chi connectivity index (χ0v) is 16.4. The first-order valence-corrected chi connectivity index (χ1v) is 9.79. The summed E-state index contributed by atoms with van der Waals surface area (Å²) >= 11 is 0. The van der Waals surface area contributed by atoms with Crippen molar-refractivity contribution in [2.45, 2.75) is 50.8 Å². The Morgan fingerprint density at radius 2 is 1.83 bits per heavy atom. The van der Waals surface area contributed by atoms with Crippen molar-refractivity contribution >= 4 is 11.6 Å². The lowest BCUT2D eigenvalue weighted by molar-refractivity contribution is -0.137. The third-order valence-electron chi connectivity index (χ3n) is 5.30. The maximum Gasteiger partial charge on any atom is 0.416 e. The van der Waals surface area contributed by atoms with Gasteiger partial charge in [-0.25, -0.2) is 15.0 Å². The van der Waals surface area contributed by atoms with Crippen LogP contribution in [0.25, 0.3) is 5.82 Å². The molecule has 0 spiro atoms. The van der Waals surface area contributed by atoms with E-state index in [0.717, 1.165) is 43.2 Å². The Morgan fingerprint density at radius 3 is 2.57 bits per heavy atom. The van der Waals surface area contributed by atoms with E-state index in [-0.39, 0.29) is 5.82 Å². The minimum absolute atomic E-state index is 0.0525. The quantitative estimate of drug-likeness (QED) is 0.633. The summed E-state index contributed by atoms with van der Waals surface area (Å²) in [5, 5.41) is 13.7. The molecule has 0 atom stereocenters. The highest BCUT2D eigenvalue weighted by atomic mass is 19.4. The molecule has 4 rings (SSSR count). The summed E-state index contributed by atoms with van der Waals surface area (Å²) in [6.45, 7) is 1.86. The van der Waals surface area contributed by atoms with Crippen LogP contribution in [0.2, 0.25) is 0 Å². The van der Waals surface area contributed by atoms with Gasteiger partial charge in [0.2, 0.25) is 0 Å². The van der Waals surface area contributed by atoms with Gasteiger partial charge in [0.15, 0.2) is 0 Å². The third kappa shape index (κ3) is 4.30. The largest absolute Gasteiger partial charge is 0.416 e. The number of hydrogen-bond donors (Lipinski definition) is 2. The molecule has 30 heavy (non-hydrogen) atoms. The van der Waals surface area contributed by atoms with E-state index >= 15 is 0 Å². The number of rotatable bonds is 4. The van der Waals surface area contributed by atoms with Crippen LogP contribution in [-0.2, 0) is 11.8 Å². The number of aliphatic hydroxyl groups is 1. The maximum atomic E-state index is 12.9. The van der Waals surface area contributed by atoms with Gasteiger partial charge in [0, 0.05) is 12.4 Å². The van der Waals surface area contributed by atoms with Gasteiger partial charge in [-0.15, -0.1) is 0 Å². The number of aromatic nitrogens is 4. The normalized spacial score (nSPS) is 16.4. The van der Waals surface area contributed by atoms with Crippen LogP contribution in [-0.4, -0.2) is 24.6 Å². The van der Waals surface area contributed by atoms with Crippen molar-refractivity contribution in [2.75, 3.05) is 5.32 Å². The molecule has 0 aliphatic heterocycles. The van der Waals surface area contributed by atoms with Crippen molar-refractivity contribution in [3.63, 3.8) is 0 Å². The van der Waals surface area contributed by atoms with Gasteiger partial charge >= 0.3 is 6.18 Å². The molecule has 1 fully saturated rings. The number of aryl methyl sites for hydroxylation is 1. The van der Waals surface area contributed by atoms with Crippen molar-refractivity contribution in [3.05, 3.63) is 59.8 Å². The average Bonchev–Trinajstić information content (AvgIpc) is 3.19. The van der Waals surface area contributed by atoms with Crippen molar-refractivity contribution in [2.24, 2.45) is 0 Å². The van der Waals surface area contributed by atoms with Gasteiger partial charge < -0.3 is 10.4 Å². The van der Waals surface area contributed by atoms with Crippen LogP contribution in [0, 0.1) is 6.92 Å². The van der Waals surface area contributed by atoms with Gasteiger partial charge in [0.05, 0.1) is 11.3 Å². The summed E-state index contributed by atoms with van der Waals surface area (Å²) in [5.74, 6) is 0.961. The van der Waals surface area contributed by atoms with Gasteiger partial charge in [-0.1, -0.05) is 19.3 Å². The molecule has 9 heteroatoms. The Hall–Kier alpha value is -2.94. The van der Waals surface area contributed by atoms with Crippen LogP contribution < -0.4 is 5.32 Å². The molecule has 1 aliphatic carbocycles. The monoisotopic (exact) mass is 417 g/mol. The summed E-state index contributed by atoms with van der Waals surface area (Å²) in [7, 11) is 0. The Morgan fingerprint density at radius 1 is 1.07 bits per heavy atom. The third-order valence-corrected chi connectivity index (χ3v) is 5.30. The van der Waals surface area contributed by atoms with Gasteiger partial charge in [-0.2, -0.15) is 13.2 Å². The lowest BCUT2D eigenvalue weighted by atomic mass is 9.83. The van der Waals surface area contributed by atoms with Crippen LogP contribution in [0.3, 0.4) is 0 Å². The van der Waals surface area contributed by atoms with Crippen LogP contribution in [0.4, 0.5) is 24.8 Å². The maximum absolute atomic E-state index is 12.9. The van der Waals surface area contributed by atoms with E-state index in [4.69, 9.17) is 0 Å². The van der Waals surface area contributed by atoms with Gasteiger partial charge in [0.25, 0.3) is 0 Å². The minimum atomic E-state index is -4.45. The fourth-order valence-corrected chi connectivity index (χ4v) is 3.73. The van der Waals surface area contributed by atoms with E-state index in [0.29, 0.717) is 30.2 Å². The molecule has 158 valence electrons. The van der Waals surface area contributed by atoms with Gasteiger partial charge in [-0.3, -0.25) is 4.57 Å². The molecular formula is C21H22F3N5O. The summed E-state index contributed by atoms with van der Waals surface area (Å²) < 4.78 is 40.5. The zero-order valence-electron chi connectivity index (χ0n) is 16.4. The molecule has 1 saturated carbocycles. The summed E-state index contributed by atoms with van der Waals surface area (Å²) in [6.07, 6.45) is 4.41. The van der Waals surface area contributed by atoms with E-state index in [2.05, 4.69) is 20.3 Å². The molecule has 6 nitrogen and oxygen atoms in total. The Kier molecular flexibility index (Phi) is 5.23. The lowest BCUT2D eigenvalue weighted by Gasteiger charge is -2.30. The van der Waals surface area contributed by atoms with Gasteiger partial charge in [-0.05, 0) is 49.6 Å². The second-order valence-corrected chi connectivity index (χ2v) is 7.70. The van der Waals surface area contributed by atoms with Crippen LogP contribution in [0.1, 0.15) is 48.9 Å². The molecule has 1 aliphatic rings. The Labute approximate surface area is 171 Å². The summed E-state index contributed by atoms with van der Waals surface area (Å²) in [5.41, 5.74) is -0.232. The Balaban J connectivity index is 1.60. The van der Waals surface area contributed by atoms with E-state index < -0.39 is 17.3 Å². The smallest absolute Gasteiger partial charge is 0.383 e. The van der Waals surface area contributed by atoms with Crippen LogP contribution >= 0.6 is 0 Å². The van der Waals surface area contributed by atoms with E-state index in [1.165, 1.54) is 0 Å². The molecule has 3 aromatic heterocycles. The topological polar surface area (TPSA) is 75.9 Å². The number of imidazole rings is 1. The molecule has 0 radical (unpaired) electrons. The van der Waals surface area contributed by atoms with E-state index in [1.807, 2.05) is 13.0 Å². The van der Waals surface area contributed by atoms with Crippen molar-refractivity contribution in [1.82, 2.24) is 19.5 Å². The fourth-order valence-electron chi connectivity index (χ4n) is 3.73. The average molecular weight is 417 g/mol. The van der Waals surface area contributed by atoms with Crippen LogP contribution in [0.15, 0.2) is 43.0 Å². The molecule has 0 aromatic carbocycles. The predicted molar refractivity (Wildman–Crippen MR) is 106 cm³/mol. The molecular weight excluding hydrogens is 395 g/mol. The van der Waals surface area contributed by atoms with Gasteiger partial charge in [0.1, 0.15) is 29.4 Å². The minimum Gasteiger partial charge on any atom is -0.383 e. The number of alkyl halides is 3. The number of hydrogen-bond acceptors (Lipinski definition) is 5. The molecule has 2 N–H and O–H groups in total. The highest BCUT2D eigenvalue weighted by Gasteiger charge is 2.33. The Bertz CT molecular complexity index is 1040. The molecule has 0 amide bonds. The SMILES string of the molecule is Cc1cc(Nc2cc(C(F)(F)F)ccn2)nc(-n2cnc(C3(O)CCCCC3)c2)c1. The standard InChI is InChI=1S/C21H22F3N5O/c1-14-9-18(27-17-11-15(5-8-25-17)21(22,23)24)28-19(10-14)29-12-16(26-13-29)20(30)6-3-2-4-7-20/h5,8-13,30H,2-4,6-7H2,1H3,(H,25,27,28). The molecule has 3 aromatic rings. The van der Waals surface area contributed by atoms with E-state index in [9.17, 15) is 18.3 Å². The van der Waals surface area contributed by atoms with Crippen molar-refractivity contribution < 1.29 is 18.3 Å². The fraction of sp³-hybridized carbons (Fsp3) is 0.381. The molecule has 0 saturated heterocycles. The predicted octanol–water partition coefficient (Wildman–Crippen LogP) is 4.88. The summed E-state index contributed by atoms with van der Waals surface area (Å²) in [4.78, 5) is 12.8.